The SMILES string of the molecule is Cc1ccc2nc(N(C)CC3CCOCC3)sc2c1. The second-order valence-corrected chi connectivity index (χ2v) is 6.41. The molecule has 0 unspecified atom stereocenters. The summed E-state index contributed by atoms with van der Waals surface area (Å²) in [6.07, 6.45) is 2.35. The van der Waals surface area contributed by atoms with E-state index in [0.717, 1.165) is 36.3 Å². The topological polar surface area (TPSA) is 25.4 Å². The average molecular weight is 276 g/mol. The number of benzene rings is 1. The molecular formula is C15H20N2OS. The minimum absolute atomic E-state index is 0.743. The lowest BCUT2D eigenvalue weighted by atomic mass is 10.0. The van der Waals surface area contributed by atoms with Gasteiger partial charge in [0, 0.05) is 26.8 Å². The maximum atomic E-state index is 5.42. The van der Waals surface area contributed by atoms with Crippen LogP contribution in [0.25, 0.3) is 10.2 Å². The molecule has 0 saturated carbocycles. The van der Waals surface area contributed by atoms with Crippen LogP contribution in [-0.2, 0) is 4.74 Å². The summed E-state index contributed by atoms with van der Waals surface area (Å²) in [6.45, 7) is 5.04. The van der Waals surface area contributed by atoms with Crippen molar-refractivity contribution in [3.8, 4) is 0 Å². The van der Waals surface area contributed by atoms with E-state index in [1.807, 2.05) is 0 Å². The highest BCUT2D eigenvalue weighted by atomic mass is 32.1. The molecule has 1 aromatic carbocycles. The normalized spacial score (nSPS) is 16.9. The van der Waals surface area contributed by atoms with Gasteiger partial charge < -0.3 is 9.64 Å². The van der Waals surface area contributed by atoms with Gasteiger partial charge in [-0.3, -0.25) is 0 Å². The van der Waals surface area contributed by atoms with Gasteiger partial charge in [0.15, 0.2) is 5.13 Å². The number of hydrogen-bond donors (Lipinski definition) is 0. The molecule has 3 nitrogen and oxygen atoms in total. The third kappa shape index (κ3) is 2.90. The first-order chi connectivity index (χ1) is 9.22. The number of fused-ring (bicyclic) bond motifs is 1. The number of hydrogen-bond acceptors (Lipinski definition) is 4. The molecule has 0 amide bonds. The van der Waals surface area contributed by atoms with E-state index in [1.54, 1.807) is 11.3 Å². The third-order valence-electron chi connectivity index (χ3n) is 3.73. The van der Waals surface area contributed by atoms with Crippen molar-refractivity contribution in [2.45, 2.75) is 19.8 Å². The van der Waals surface area contributed by atoms with Crippen LogP contribution in [-0.4, -0.2) is 31.8 Å². The molecule has 0 N–H and O–H groups in total. The van der Waals surface area contributed by atoms with Crippen LogP contribution in [0.15, 0.2) is 18.2 Å². The van der Waals surface area contributed by atoms with Crippen LogP contribution in [0.2, 0.25) is 0 Å². The van der Waals surface area contributed by atoms with E-state index in [-0.39, 0.29) is 0 Å². The number of rotatable bonds is 3. The Morgan fingerprint density at radius 1 is 1.37 bits per heavy atom. The smallest absolute Gasteiger partial charge is 0.186 e. The maximum absolute atomic E-state index is 5.42. The van der Waals surface area contributed by atoms with Gasteiger partial charge in [-0.25, -0.2) is 4.98 Å². The fourth-order valence-corrected chi connectivity index (χ4v) is 3.61. The van der Waals surface area contributed by atoms with Crippen molar-refractivity contribution >= 4 is 26.7 Å². The number of aryl methyl sites for hydroxylation is 1. The molecule has 1 saturated heterocycles. The lowest BCUT2D eigenvalue weighted by Gasteiger charge is -2.26. The Morgan fingerprint density at radius 2 is 2.16 bits per heavy atom. The Bertz CT molecular complexity index is 560. The zero-order valence-corrected chi connectivity index (χ0v) is 12.4. The lowest BCUT2D eigenvalue weighted by Crippen LogP contribution is -2.29. The van der Waals surface area contributed by atoms with Gasteiger partial charge >= 0.3 is 0 Å². The van der Waals surface area contributed by atoms with Crippen LogP contribution in [0.1, 0.15) is 18.4 Å². The molecule has 0 aliphatic carbocycles. The van der Waals surface area contributed by atoms with E-state index in [1.165, 1.54) is 23.1 Å². The predicted octanol–water partition coefficient (Wildman–Crippen LogP) is 3.47. The highest BCUT2D eigenvalue weighted by Crippen LogP contribution is 2.30. The Balaban J connectivity index is 1.75. The molecule has 3 rings (SSSR count). The van der Waals surface area contributed by atoms with E-state index in [9.17, 15) is 0 Å². The fourth-order valence-electron chi connectivity index (χ4n) is 2.58. The van der Waals surface area contributed by atoms with Gasteiger partial charge in [-0.2, -0.15) is 0 Å². The van der Waals surface area contributed by atoms with Crippen LogP contribution in [0.3, 0.4) is 0 Å². The van der Waals surface area contributed by atoms with Gasteiger partial charge in [0.05, 0.1) is 10.2 Å². The van der Waals surface area contributed by atoms with Crippen LogP contribution in [0.4, 0.5) is 5.13 Å². The molecule has 1 aromatic heterocycles. The van der Waals surface area contributed by atoms with Crippen molar-refractivity contribution in [2.75, 3.05) is 31.7 Å². The van der Waals surface area contributed by atoms with Crippen LogP contribution in [0, 0.1) is 12.8 Å². The van der Waals surface area contributed by atoms with Gasteiger partial charge in [0.1, 0.15) is 0 Å². The molecule has 0 bridgehead atoms. The number of anilines is 1. The molecule has 2 aromatic rings. The fraction of sp³-hybridized carbons (Fsp3) is 0.533. The lowest BCUT2D eigenvalue weighted by molar-refractivity contribution is 0.0685. The number of aromatic nitrogens is 1. The molecule has 19 heavy (non-hydrogen) atoms. The summed E-state index contributed by atoms with van der Waals surface area (Å²) >= 11 is 1.79. The summed E-state index contributed by atoms with van der Waals surface area (Å²) < 4.78 is 6.70. The Labute approximate surface area is 118 Å². The molecule has 4 heteroatoms. The molecule has 1 fully saturated rings. The second kappa shape index (κ2) is 5.47. The van der Waals surface area contributed by atoms with E-state index in [0.29, 0.717) is 0 Å². The van der Waals surface area contributed by atoms with Crippen LogP contribution < -0.4 is 4.90 Å². The summed E-state index contributed by atoms with van der Waals surface area (Å²) in [5, 5.41) is 1.13. The zero-order valence-electron chi connectivity index (χ0n) is 11.6. The number of ether oxygens (including phenoxy) is 1. The molecule has 1 aliphatic heterocycles. The first kappa shape index (κ1) is 12.9. The molecule has 102 valence electrons. The van der Waals surface area contributed by atoms with Crippen molar-refractivity contribution in [1.82, 2.24) is 4.98 Å². The minimum Gasteiger partial charge on any atom is -0.381 e. The van der Waals surface area contributed by atoms with Gasteiger partial charge in [0.2, 0.25) is 0 Å². The van der Waals surface area contributed by atoms with Crippen LogP contribution >= 0.6 is 11.3 Å². The molecule has 0 atom stereocenters. The monoisotopic (exact) mass is 276 g/mol. The quantitative estimate of drug-likeness (QED) is 0.858. The van der Waals surface area contributed by atoms with E-state index in [2.05, 4.69) is 37.1 Å². The van der Waals surface area contributed by atoms with Crippen molar-refractivity contribution in [2.24, 2.45) is 5.92 Å². The van der Waals surface area contributed by atoms with Gasteiger partial charge in [0.25, 0.3) is 0 Å². The summed E-state index contributed by atoms with van der Waals surface area (Å²) in [5.74, 6) is 0.743. The number of thiazole rings is 1. The Kier molecular flexibility index (Phi) is 3.71. The highest BCUT2D eigenvalue weighted by molar-refractivity contribution is 7.22. The van der Waals surface area contributed by atoms with Gasteiger partial charge in [-0.05, 0) is 43.4 Å². The van der Waals surface area contributed by atoms with E-state index >= 15 is 0 Å². The van der Waals surface area contributed by atoms with Crippen molar-refractivity contribution < 1.29 is 4.74 Å². The minimum atomic E-state index is 0.743. The Morgan fingerprint density at radius 3 is 2.95 bits per heavy atom. The van der Waals surface area contributed by atoms with Crippen molar-refractivity contribution in [3.05, 3.63) is 23.8 Å². The van der Waals surface area contributed by atoms with Crippen molar-refractivity contribution in [3.63, 3.8) is 0 Å². The zero-order chi connectivity index (χ0) is 13.2. The molecule has 0 radical (unpaired) electrons. The molecule has 0 spiro atoms. The summed E-state index contributed by atoms with van der Waals surface area (Å²) in [5.41, 5.74) is 2.42. The third-order valence-corrected chi connectivity index (χ3v) is 4.86. The van der Waals surface area contributed by atoms with Crippen molar-refractivity contribution in [1.29, 1.82) is 0 Å². The van der Waals surface area contributed by atoms with Gasteiger partial charge in [-0.1, -0.05) is 17.4 Å². The molecule has 2 heterocycles. The first-order valence-corrected chi connectivity index (χ1v) is 7.70. The van der Waals surface area contributed by atoms with Gasteiger partial charge in [-0.15, -0.1) is 0 Å². The maximum Gasteiger partial charge on any atom is 0.186 e. The van der Waals surface area contributed by atoms with E-state index in [4.69, 9.17) is 9.72 Å². The largest absolute Gasteiger partial charge is 0.381 e. The van der Waals surface area contributed by atoms with E-state index < -0.39 is 0 Å². The average Bonchev–Trinajstić information content (AvgIpc) is 2.83. The number of nitrogens with zero attached hydrogens (tertiary/aromatic N) is 2. The molecule has 1 aliphatic rings. The first-order valence-electron chi connectivity index (χ1n) is 6.88. The van der Waals surface area contributed by atoms with Crippen LogP contribution in [0.5, 0.6) is 0 Å². The summed E-state index contributed by atoms with van der Waals surface area (Å²) in [7, 11) is 2.15. The Hall–Kier alpha value is -1.13. The standard InChI is InChI=1S/C15H20N2OS/c1-11-3-4-13-14(9-11)19-15(16-13)17(2)10-12-5-7-18-8-6-12/h3-4,9,12H,5-8,10H2,1-2H3. The summed E-state index contributed by atoms with van der Waals surface area (Å²) in [4.78, 5) is 7.03. The highest BCUT2D eigenvalue weighted by Gasteiger charge is 2.17. The second-order valence-electron chi connectivity index (χ2n) is 5.40. The molecular weight excluding hydrogens is 256 g/mol. The summed E-state index contributed by atoms with van der Waals surface area (Å²) in [6, 6.07) is 6.47. The predicted molar refractivity (Wildman–Crippen MR) is 81.2 cm³/mol.